The minimum atomic E-state index is -4.64. The molecule has 0 aromatic carbocycles. The third kappa shape index (κ3) is 58.5. The molecule has 0 heterocycles. The van der Waals surface area contributed by atoms with Crippen LogP contribution in [-0.4, -0.2) is 70.0 Å². The zero-order valence-corrected chi connectivity index (χ0v) is 49.4. The predicted molar refractivity (Wildman–Crippen MR) is 314 cm³/mol. The van der Waals surface area contributed by atoms with E-state index in [0.717, 1.165) is 89.9 Å². The van der Waals surface area contributed by atoms with E-state index in [9.17, 15) is 19.0 Å². The van der Waals surface area contributed by atoms with Gasteiger partial charge in [-0.25, -0.2) is 0 Å². The summed E-state index contributed by atoms with van der Waals surface area (Å²) in [6.07, 6.45) is 73.4. The van der Waals surface area contributed by atoms with Gasteiger partial charge in [0.1, 0.15) is 19.8 Å². The Morgan fingerprint density at radius 2 is 0.770 bits per heavy atom. The molecule has 0 fully saturated rings. The molecule has 0 N–H and O–H groups in total. The average Bonchev–Trinajstić information content (AvgIpc) is 3.36. The lowest BCUT2D eigenvalue weighted by atomic mass is 10.0. The van der Waals surface area contributed by atoms with Gasteiger partial charge in [0.25, 0.3) is 7.82 Å². The van der Waals surface area contributed by atoms with Gasteiger partial charge in [-0.05, 0) is 70.6 Å². The number of carbonyl (C=O) groups excluding carboxylic acids is 2. The van der Waals surface area contributed by atoms with Gasteiger partial charge in [0, 0.05) is 12.8 Å². The molecule has 0 spiro atoms. The molecule has 2 atom stereocenters. The van der Waals surface area contributed by atoms with Gasteiger partial charge >= 0.3 is 11.9 Å². The Hall–Kier alpha value is -2.81. The Kier molecular flexibility index (Phi) is 52.9. The molecule has 10 heteroatoms. The molecule has 428 valence electrons. The molecule has 0 aliphatic rings. The van der Waals surface area contributed by atoms with Crippen molar-refractivity contribution in [2.24, 2.45) is 0 Å². The number of rotatable bonds is 55. The second kappa shape index (κ2) is 55.0. The lowest BCUT2D eigenvalue weighted by Crippen LogP contribution is -2.37. The van der Waals surface area contributed by atoms with Crippen LogP contribution in [0.5, 0.6) is 0 Å². The van der Waals surface area contributed by atoms with Gasteiger partial charge in [0.05, 0.1) is 27.7 Å². The maximum absolute atomic E-state index is 12.8. The number of phosphoric ester groups is 1. The van der Waals surface area contributed by atoms with Crippen LogP contribution < -0.4 is 4.89 Å². The number of likely N-dealkylation sites (N-methyl/N-ethyl adjacent to an activating group) is 1. The number of hydrogen-bond donors (Lipinski definition) is 0. The Balaban J connectivity index is 4.16. The van der Waals surface area contributed by atoms with Gasteiger partial charge in [0.2, 0.25) is 0 Å². The highest BCUT2D eigenvalue weighted by Gasteiger charge is 2.22. The van der Waals surface area contributed by atoms with Gasteiger partial charge in [0.15, 0.2) is 6.10 Å². The summed E-state index contributed by atoms with van der Waals surface area (Å²) < 4.78 is 34.2. The molecule has 0 amide bonds. The zero-order chi connectivity index (χ0) is 54.2. The van der Waals surface area contributed by atoms with Crippen molar-refractivity contribution in [2.45, 2.75) is 264 Å². The molecular formula is C64H114NO8P. The summed E-state index contributed by atoms with van der Waals surface area (Å²) in [4.78, 5) is 37.9. The Labute approximate surface area is 456 Å². The standard InChI is InChI=1S/C64H114NO8P/c1-6-8-10-12-14-16-18-20-22-24-26-27-28-29-30-31-32-33-34-35-36-37-39-41-43-45-47-49-51-53-55-57-64(67)73-62(61-72-74(68,69)71-59-58-65(3,4)5)60-70-63(66)56-54-52-50-48-46-44-42-40-38-25-23-21-19-17-15-13-11-9-7-2/h8,10,14,16,20,22,26-27,29-30,32-33,35-36,62H,6-7,9,11-13,15,17-19,21,23-25,28,31,34,37-61H2,1-5H3/b10-8-,16-14-,22-20-,27-26-,30-29-,33-32-,36-35-. The molecule has 0 aromatic heterocycles. The van der Waals surface area contributed by atoms with E-state index in [1.54, 1.807) is 0 Å². The van der Waals surface area contributed by atoms with Crippen LogP contribution in [-0.2, 0) is 32.7 Å². The van der Waals surface area contributed by atoms with Crippen molar-refractivity contribution in [3.05, 3.63) is 85.1 Å². The SMILES string of the molecule is CC/C=C\C/C=C\C/C=C\C/C=C\C/C=C\C/C=C\C/C=C\CCCCCCCCCCCC(=O)OC(COC(=O)CCCCCCCCCCCCCCCCCCCCC)COP(=O)([O-])OCC[N+](C)(C)C. The predicted octanol–water partition coefficient (Wildman–Crippen LogP) is 18.4. The van der Waals surface area contributed by atoms with Crippen molar-refractivity contribution in [1.29, 1.82) is 0 Å². The molecule has 0 bridgehead atoms. The Bertz CT molecular complexity index is 1520. The number of esters is 2. The second-order valence-electron chi connectivity index (χ2n) is 21.3. The molecule has 0 aliphatic heterocycles. The van der Waals surface area contributed by atoms with E-state index in [0.29, 0.717) is 17.4 Å². The van der Waals surface area contributed by atoms with Crippen LogP contribution in [0.3, 0.4) is 0 Å². The highest BCUT2D eigenvalue weighted by Crippen LogP contribution is 2.38. The van der Waals surface area contributed by atoms with Crippen LogP contribution in [0.2, 0.25) is 0 Å². The van der Waals surface area contributed by atoms with E-state index in [1.165, 1.54) is 135 Å². The number of quaternary nitrogens is 1. The molecule has 0 saturated carbocycles. The summed E-state index contributed by atoms with van der Waals surface area (Å²) in [5.41, 5.74) is 0. The maximum atomic E-state index is 12.8. The van der Waals surface area contributed by atoms with Crippen LogP contribution in [0.15, 0.2) is 85.1 Å². The number of phosphoric acid groups is 1. The summed E-state index contributed by atoms with van der Waals surface area (Å²) in [6.45, 7) is 4.14. The number of carbonyl (C=O) groups is 2. The fourth-order valence-electron chi connectivity index (χ4n) is 8.28. The Morgan fingerprint density at radius 3 is 1.15 bits per heavy atom. The molecular weight excluding hydrogens is 942 g/mol. The topological polar surface area (TPSA) is 111 Å². The first-order valence-corrected chi connectivity index (χ1v) is 31.8. The molecule has 74 heavy (non-hydrogen) atoms. The number of unbranched alkanes of at least 4 members (excludes halogenated alkanes) is 27. The molecule has 2 unspecified atom stereocenters. The average molecular weight is 1060 g/mol. The third-order valence-corrected chi connectivity index (χ3v) is 13.9. The maximum Gasteiger partial charge on any atom is 0.306 e. The smallest absolute Gasteiger partial charge is 0.306 e. The first kappa shape index (κ1) is 71.2. The third-order valence-electron chi connectivity index (χ3n) is 12.9. The summed E-state index contributed by atoms with van der Waals surface area (Å²) in [5.74, 6) is -0.835. The monoisotopic (exact) mass is 1060 g/mol. The number of nitrogens with zero attached hydrogens (tertiary/aromatic N) is 1. The number of hydrogen-bond acceptors (Lipinski definition) is 8. The zero-order valence-electron chi connectivity index (χ0n) is 48.5. The van der Waals surface area contributed by atoms with E-state index in [-0.39, 0.29) is 32.0 Å². The molecule has 0 rings (SSSR count). The van der Waals surface area contributed by atoms with E-state index < -0.39 is 26.5 Å². The lowest BCUT2D eigenvalue weighted by molar-refractivity contribution is -0.870. The first-order chi connectivity index (χ1) is 36.0. The molecule has 9 nitrogen and oxygen atoms in total. The van der Waals surface area contributed by atoms with E-state index in [2.05, 4.69) is 98.9 Å². The van der Waals surface area contributed by atoms with E-state index in [4.69, 9.17) is 18.5 Å². The highest BCUT2D eigenvalue weighted by atomic mass is 31.2. The largest absolute Gasteiger partial charge is 0.756 e. The minimum absolute atomic E-state index is 0.0341. The summed E-state index contributed by atoms with van der Waals surface area (Å²) >= 11 is 0. The molecule has 0 aromatic rings. The fourth-order valence-corrected chi connectivity index (χ4v) is 9.01. The quantitative estimate of drug-likeness (QED) is 0.0195. The van der Waals surface area contributed by atoms with Crippen molar-refractivity contribution in [3.8, 4) is 0 Å². The summed E-state index contributed by atoms with van der Waals surface area (Å²) in [7, 11) is 1.16. The van der Waals surface area contributed by atoms with Crippen LogP contribution in [0.4, 0.5) is 0 Å². The molecule has 0 radical (unpaired) electrons. The van der Waals surface area contributed by atoms with E-state index in [1.807, 2.05) is 21.1 Å². The minimum Gasteiger partial charge on any atom is -0.756 e. The van der Waals surface area contributed by atoms with Gasteiger partial charge in [-0.15, -0.1) is 0 Å². The van der Waals surface area contributed by atoms with Crippen LogP contribution in [0.1, 0.15) is 258 Å². The lowest BCUT2D eigenvalue weighted by Gasteiger charge is -2.28. The van der Waals surface area contributed by atoms with Gasteiger partial charge in [-0.2, -0.15) is 0 Å². The number of allylic oxidation sites excluding steroid dienone is 14. The Morgan fingerprint density at radius 1 is 0.432 bits per heavy atom. The van der Waals surface area contributed by atoms with Crippen LogP contribution in [0, 0.1) is 0 Å². The first-order valence-electron chi connectivity index (χ1n) is 30.3. The van der Waals surface area contributed by atoms with Crippen molar-refractivity contribution in [3.63, 3.8) is 0 Å². The van der Waals surface area contributed by atoms with Crippen molar-refractivity contribution < 1.29 is 42.1 Å². The van der Waals surface area contributed by atoms with Crippen molar-refractivity contribution in [1.82, 2.24) is 0 Å². The van der Waals surface area contributed by atoms with E-state index >= 15 is 0 Å². The van der Waals surface area contributed by atoms with Gasteiger partial charge < -0.3 is 27.9 Å². The normalized spacial score (nSPS) is 13.9. The molecule has 0 saturated heterocycles. The number of ether oxygens (including phenoxy) is 2. The summed E-state index contributed by atoms with van der Waals surface area (Å²) in [5, 5.41) is 0. The van der Waals surface area contributed by atoms with Crippen LogP contribution >= 0.6 is 7.82 Å². The van der Waals surface area contributed by atoms with Gasteiger partial charge in [-0.1, -0.05) is 259 Å². The van der Waals surface area contributed by atoms with Crippen molar-refractivity contribution in [2.75, 3.05) is 47.5 Å². The fraction of sp³-hybridized carbons (Fsp3) is 0.750. The van der Waals surface area contributed by atoms with Crippen LogP contribution in [0.25, 0.3) is 0 Å². The molecule has 0 aliphatic carbocycles. The van der Waals surface area contributed by atoms with Crippen molar-refractivity contribution >= 4 is 19.8 Å². The van der Waals surface area contributed by atoms with Gasteiger partial charge in [-0.3, -0.25) is 14.2 Å². The summed E-state index contributed by atoms with van der Waals surface area (Å²) in [6, 6.07) is 0. The highest BCUT2D eigenvalue weighted by molar-refractivity contribution is 7.45. The second-order valence-corrected chi connectivity index (χ2v) is 22.8.